The molecule has 0 amide bonds. The van der Waals surface area contributed by atoms with Crippen LogP contribution in [0.25, 0.3) is 5.69 Å². The molecule has 7 nitrogen and oxygen atoms in total. The number of aryl methyl sites for hydroxylation is 1. The van der Waals surface area contributed by atoms with E-state index in [1.807, 2.05) is 30.3 Å². The van der Waals surface area contributed by atoms with E-state index in [1.54, 1.807) is 25.5 Å². The van der Waals surface area contributed by atoms with Crippen LogP contribution >= 0.6 is 0 Å². The molecule has 2 rings (SSSR count). The highest BCUT2D eigenvalue weighted by atomic mass is 32.2. The Hall–Kier alpha value is -2.19. The molecule has 0 atom stereocenters. The molecular formula is C15H19N3O4S. The standard InChI is InChI=1S/C15H19N3O4S/c1-4-22-14(19)10-16-23(20,21)15-11(2)17-18(12(15)3)13-8-6-5-7-9-13/h5-9,16H,4,10H2,1-3H3. The molecule has 0 fully saturated rings. The summed E-state index contributed by atoms with van der Waals surface area (Å²) >= 11 is 0. The number of benzene rings is 1. The summed E-state index contributed by atoms with van der Waals surface area (Å²) in [6.45, 7) is 4.73. The van der Waals surface area contributed by atoms with Crippen molar-refractivity contribution >= 4 is 16.0 Å². The fourth-order valence-electron chi connectivity index (χ4n) is 2.28. The Kier molecular flexibility index (Phi) is 5.17. The molecule has 23 heavy (non-hydrogen) atoms. The third-order valence-corrected chi connectivity index (χ3v) is 4.86. The monoisotopic (exact) mass is 337 g/mol. The first kappa shape index (κ1) is 17.2. The van der Waals surface area contributed by atoms with Gasteiger partial charge in [-0.3, -0.25) is 4.79 Å². The summed E-state index contributed by atoms with van der Waals surface area (Å²) in [4.78, 5) is 11.4. The molecule has 8 heteroatoms. The lowest BCUT2D eigenvalue weighted by atomic mass is 10.3. The molecule has 0 aliphatic heterocycles. The van der Waals surface area contributed by atoms with Gasteiger partial charge in [0.15, 0.2) is 0 Å². The Labute approximate surface area is 135 Å². The molecule has 1 heterocycles. The summed E-state index contributed by atoms with van der Waals surface area (Å²) < 4.78 is 33.4. The minimum atomic E-state index is -3.86. The third-order valence-electron chi connectivity index (χ3n) is 3.21. The van der Waals surface area contributed by atoms with Gasteiger partial charge in [0.2, 0.25) is 10.0 Å². The number of carbonyl (C=O) groups excluding carboxylic acids is 1. The van der Waals surface area contributed by atoms with Gasteiger partial charge < -0.3 is 4.74 Å². The molecule has 0 aliphatic carbocycles. The second kappa shape index (κ2) is 6.93. The topological polar surface area (TPSA) is 90.3 Å². The van der Waals surface area contributed by atoms with Crippen molar-refractivity contribution in [2.75, 3.05) is 13.2 Å². The quantitative estimate of drug-likeness (QED) is 0.803. The second-order valence-electron chi connectivity index (χ2n) is 4.88. The number of esters is 1. The highest BCUT2D eigenvalue weighted by Gasteiger charge is 2.25. The van der Waals surface area contributed by atoms with Crippen LogP contribution in [0.3, 0.4) is 0 Å². The maximum atomic E-state index is 12.5. The van der Waals surface area contributed by atoms with Gasteiger partial charge in [-0.1, -0.05) is 18.2 Å². The molecule has 1 aromatic carbocycles. The van der Waals surface area contributed by atoms with Crippen LogP contribution < -0.4 is 4.72 Å². The lowest BCUT2D eigenvalue weighted by molar-refractivity contribution is -0.141. The van der Waals surface area contributed by atoms with Gasteiger partial charge in [0.1, 0.15) is 11.4 Å². The first-order chi connectivity index (χ1) is 10.9. The summed E-state index contributed by atoms with van der Waals surface area (Å²) in [5.74, 6) is -0.623. The van der Waals surface area contributed by atoms with Gasteiger partial charge in [-0.15, -0.1) is 0 Å². The number of rotatable bonds is 6. The average Bonchev–Trinajstić information content (AvgIpc) is 2.82. The van der Waals surface area contributed by atoms with Crippen molar-refractivity contribution in [1.82, 2.24) is 14.5 Å². The minimum Gasteiger partial charge on any atom is -0.465 e. The fraction of sp³-hybridized carbons (Fsp3) is 0.333. The molecule has 0 aliphatic rings. The molecule has 1 N–H and O–H groups in total. The predicted molar refractivity (Wildman–Crippen MR) is 84.9 cm³/mol. The van der Waals surface area contributed by atoms with Crippen molar-refractivity contribution in [3.63, 3.8) is 0 Å². The van der Waals surface area contributed by atoms with Crippen LogP contribution in [0.4, 0.5) is 0 Å². The second-order valence-corrected chi connectivity index (χ2v) is 6.58. The van der Waals surface area contributed by atoms with Crippen LogP contribution in [0.15, 0.2) is 35.2 Å². The molecule has 0 saturated heterocycles. The van der Waals surface area contributed by atoms with Gasteiger partial charge in [-0.2, -0.15) is 9.82 Å². The van der Waals surface area contributed by atoms with E-state index < -0.39 is 22.5 Å². The maximum absolute atomic E-state index is 12.5. The first-order valence-electron chi connectivity index (χ1n) is 7.13. The fourth-order valence-corrected chi connectivity index (χ4v) is 3.63. The van der Waals surface area contributed by atoms with Crippen LogP contribution in [0.5, 0.6) is 0 Å². The lowest BCUT2D eigenvalue weighted by Crippen LogP contribution is -2.31. The summed E-state index contributed by atoms with van der Waals surface area (Å²) in [6.07, 6.45) is 0. The zero-order valence-corrected chi connectivity index (χ0v) is 14.1. The molecule has 0 saturated carbocycles. The van der Waals surface area contributed by atoms with Crippen molar-refractivity contribution in [3.8, 4) is 5.69 Å². The highest BCUT2D eigenvalue weighted by Crippen LogP contribution is 2.22. The number of sulfonamides is 1. The number of carbonyl (C=O) groups is 1. The van der Waals surface area contributed by atoms with Crippen molar-refractivity contribution in [1.29, 1.82) is 0 Å². The number of nitrogens with one attached hydrogen (secondary N) is 1. The average molecular weight is 337 g/mol. The van der Waals surface area contributed by atoms with Crippen molar-refractivity contribution < 1.29 is 17.9 Å². The summed E-state index contributed by atoms with van der Waals surface area (Å²) in [7, 11) is -3.86. The molecule has 1 aromatic heterocycles. The Morgan fingerprint density at radius 2 is 1.91 bits per heavy atom. The van der Waals surface area contributed by atoms with Crippen LogP contribution in [0, 0.1) is 13.8 Å². The van der Waals surface area contributed by atoms with Crippen molar-refractivity contribution in [2.24, 2.45) is 0 Å². The molecular weight excluding hydrogens is 318 g/mol. The number of hydrogen-bond donors (Lipinski definition) is 1. The number of ether oxygens (including phenoxy) is 1. The largest absolute Gasteiger partial charge is 0.465 e. The van der Waals surface area contributed by atoms with Crippen molar-refractivity contribution in [3.05, 3.63) is 41.7 Å². The van der Waals surface area contributed by atoms with Gasteiger partial charge in [-0.05, 0) is 32.9 Å². The van der Waals surface area contributed by atoms with E-state index in [0.29, 0.717) is 11.4 Å². The molecule has 124 valence electrons. The molecule has 0 radical (unpaired) electrons. The Morgan fingerprint density at radius 1 is 1.26 bits per heavy atom. The van der Waals surface area contributed by atoms with Gasteiger partial charge in [0.25, 0.3) is 0 Å². The van der Waals surface area contributed by atoms with Crippen LogP contribution in [-0.4, -0.2) is 37.3 Å². The summed E-state index contributed by atoms with van der Waals surface area (Å²) in [5.41, 5.74) is 1.60. The summed E-state index contributed by atoms with van der Waals surface area (Å²) in [5, 5.41) is 4.29. The Balaban J connectivity index is 2.33. The molecule has 0 spiro atoms. The Morgan fingerprint density at radius 3 is 2.52 bits per heavy atom. The van der Waals surface area contributed by atoms with E-state index in [9.17, 15) is 13.2 Å². The number of nitrogens with zero attached hydrogens (tertiary/aromatic N) is 2. The van der Waals surface area contributed by atoms with Gasteiger partial charge in [-0.25, -0.2) is 13.1 Å². The highest BCUT2D eigenvalue weighted by molar-refractivity contribution is 7.89. The van der Waals surface area contributed by atoms with Crippen LogP contribution in [0.1, 0.15) is 18.3 Å². The molecule has 0 unspecified atom stereocenters. The van der Waals surface area contributed by atoms with E-state index >= 15 is 0 Å². The molecule has 0 bridgehead atoms. The SMILES string of the molecule is CCOC(=O)CNS(=O)(=O)c1c(C)nn(-c2ccccc2)c1C. The van der Waals surface area contributed by atoms with E-state index in [2.05, 4.69) is 9.82 Å². The lowest BCUT2D eigenvalue weighted by Gasteiger charge is -2.08. The smallest absolute Gasteiger partial charge is 0.321 e. The van der Waals surface area contributed by atoms with E-state index in [-0.39, 0.29) is 11.5 Å². The minimum absolute atomic E-state index is 0.0747. The van der Waals surface area contributed by atoms with Crippen molar-refractivity contribution in [2.45, 2.75) is 25.7 Å². The maximum Gasteiger partial charge on any atom is 0.321 e. The number of aromatic nitrogens is 2. The number of para-hydroxylation sites is 1. The first-order valence-corrected chi connectivity index (χ1v) is 8.62. The van der Waals surface area contributed by atoms with Crippen LogP contribution in [0.2, 0.25) is 0 Å². The predicted octanol–water partition coefficient (Wildman–Crippen LogP) is 1.33. The summed E-state index contributed by atoms with van der Waals surface area (Å²) in [6, 6.07) is 9.23. The van der Waals surface area contributed by atoms with Gasteiger partial charge >= 0.3 is 5.97 Å². The van der Waals surface area contributed by atoms with E-state index in [1.165, 1.54) is 0 Å². The Bertz CT molecular complexity index is 798. The zero-order chi connectivity index (χ0) is 17.0. The van der Waals surface area contributed by atoms with Gasteiger partial charge in [0.05, 0.1) is 23.7 Å². The zero-order valence-electron chi connectivity index (χ0n) is 13.2. The van der Waals surface area contributed by atoms with Gasteiger partial charge in [0, 0.05) is 0 Å². The third kappa shape index (κ3) is 3.77. The molecule has 2 aromatic rings. The van der Waals surface area contributed by atoms with E-state index in [4.69, 9.17) is 4.74 Å². The number of hydrogen-bond acceptors (Lipinski definition) is 5. The van der Waals surface area contributed by atoms with E-state index in [0.717, 1.165) is 5.69 Å². The van der Waals surface area contributed by atoms with Crippen LogP contribution in [-0.2, 0) is 19.6 Å². The normalized spacial score (nSPS) is 11.4.